The molecule has 0 spiro atoms. The van der Waals surface area contributed by atoms with E-state index in [4.69, 9.17) is 6.42 Å². The maximum absolute atomic E-state index is 5.43. The van der Waals surface area contributed by atoms with Crippen LogP contribution in [0.5, 0.6) is 0 Å². The van der Waals surface area contributed by atoms with Crippen molar-refractivity contribution < 1.29 is 0 Å². The zero-order valence-corrected chi connectivity index (χ0v) is 16.1. The molecule has 3 heterocycles. The predicted molar refractivity (Wildman–Crippen MR) is 108 cm³/mol. The molecular weight excluding hydrogens is 396 g/mol. The number of terminal acetylenes is 1. The standard InChI is InChI=1S/C19H17BrN4S/c1-2-7-23-8-10-24(11-9-23)18-17-16(12-25-19(17)22-13-21-18)14-3-5-15(20)6-4-14/h1,3-6,12-13H,7-11H2. The molecule has 0 aliphatic carbocycles. The smallest absolute Gasteiger partial charge is 0.141 e. The topological polar surface area (TPSA) is 32.3 Å². The van der Waals surface area contributed by atoms with Crippen LogP contribution in [0.3, 0.4) is 0 Å². The van der Waals surface area contributed by atoms with Crippen LogP contribution in [-0.2, 0) is 0 Å². The number of anilines is 1. The fourth-order valence-electron chi connectivity index (χ4n) is 3.19. The van der Waals surface area contributed by atoms with Gasteiger partial charge in [-0.2, -0.15) is 0 Å². The number of rotatable bonds is 3. The Morgan fingerprint density at radius 2 is 1.88 bits per heavy atom. The molecule has 1 aliphatic rings. The summed E-state index contributed by atoms with van der Waals surface area (Å²) in [6.45, 7) is 4.52. The number of hydrogen-bond donors (Lipinski definition) is 0. The molecule has 1 aromatic carbocycles. The van der Waals surface area contributed by atoms with Crippen LogP contribution in [0.1, 0.15) is 0 Å². The molecule has 126 valence electrons. The van der Waals surface area contributed by atoms with Crippen molar-refractivity contribution in [2.75, 3.05) is 37.6 Å². The van der Waals surface area contributed by atoms with E-state index in [1.807, 2.05) is 0 Å². The number of thiophene rings is 1. The van der Waals surface area contributed by atoms with Crippen molar-refractivity contribution in [3.63, 3.8) is 0 Å². The second-order valence-electron chi connectivity index (χ2n) is 6.00. The number of piperazine rings is 1. The van der Waals surface area contributed by atoms with Gasteiger partial charge in [0.2, 0.25) is 0 Å². The van der Waals surface area contributed by atoms with Crippen LogP contribution in [0.2, 0.25) is 0 Å². The summed E-state index contributed by atoms with van der Waals surface area (Å²) in [5.74, 6) is 3.76. The lowest BCUT2D eigenvalue weighted by Crippen LogP contribution is -2.46. The first-order chi connectivity index (χ1) is 12.3. The average molecular weight is 413 g/mol. The largest absolute Gasteiger partial charge is 0.353 e. The van der Waals surface area contributed by atoms with Crippen molar-refractivity contribution in [1.29, 1.82) is 0 Å². The first-order valence-corrected chi connectivity index (χ1v) is 9.82. The SMILES string of the molecule is C#CCN1CCN(c2ncnc3scc(-c4ccc(Br)cc4)c23)CC1. The molecule has 1 saturated heterocycles. The van der Waals surface area contributed by atoms with E-state index in [-0.39, 0.29) is 0 Å². The lowest BCUT2D eigenvalue weighted by atomic mass is 10.1. The summed E-state index contributed by atoms with van der Waals surface area (Å²) >= 11 is 5.18. The van der Waals surface area contributed by atoms with Crippen LogP contribution >= 0.6 is 27.3 Å². The van der Waals surface area contributed by atoms with Crippen molar-refractivity contribution in [3.8, 4) is 23.5 Å². The van der Waals surface area contributed by atoms with Crippen molar-refractivity contribution in [2.45, 2.75) is 0 Å². The van der Waals surface area contributed by atoms with Crippen LogP contribution in [-0.4, -0.2) is 47.6 Å². The van der Waals surface area contributed by atoms with Gasteiger partial charge >= 0.3 is 0 Å². The van der Waals surface area contributed by atoms with Gasteiger partial charge < -0.3 is 4.90 Å². The first kappa shape index (κ1) is 16.5. The third kappa shape index (κ3) is 3.28. The van der Waals surface area contributed by atoms with Crippen molar-refractivity contribution in [3.05, 3.63) is 40.4 Å². The molecule has 4 nitrogen and oxygen atoms in total. The van der Waals surface area contributed by atoms with Gasteiger partial charge in [-0.25, -0.2) is 9.97 Å². The molecule has 1 fully saturated rings. The molecule has 0 N–H and O–H groups in total. The van der Waals surface area contributed by atoms with E-state index in [1.165, 1.54) is 11.1 Å². The van der Waals surface area contributed by atoms with Crippen LogP contribution in [0.15, 0.2) is 40.4 Å². The Bertz CT molecular complexity index is 921. The predicted octanol–water partition coefficient (Wildman–Crippen LogP) is 3.88. The molecule has 2 aromatic heterocycles. The highest BCUT2D eigenvalue weighted by Crippen LogP contribution is 2.38. The highest BCUT2D eigenvalue weighted by Gasteiger charge is 2.22. The molecule has 3 aromatic rings. The summed E-state index contributed by atoms with van der Waals surface area (Å²) in [5, 5.41) is 3.33. The Kier molecular flexibility index (Phi) is 4.71. The van der Waals surface area contributed by atoms with E-state index in [2.05, 4.69) is 71.3 Å². The second-order valence-corrected chi connectivity index (χ2v) is 7.77. The maximum Gasteiger partial charge on any atom is 0.141 e. The molecule has 0 bridgehead atoms. The number of aromatic nitrogens is 2. The average Bonchev–Trinajstić information content (AvgIpc) is 3.08. The van der Waals surface area contributed by atoms with E-state index < -0.39 is 0 Å². The number of benzene rings is 1. The van der Waals surface area contributed by atoms with Crippen molar-refractivity contribution >= 4 is 43.3 Å². The Morgan fingerprint density at radius 3 is 2.60 bits per heavy atom. The third-order valence-electron chi connectivity index (χ3n) is 4.49. The van der Waals surface area contributed by atoms with Gasteiger partial charge in [-0.3, -0.25) is 4.90 Å². The zero-order valence-electron chi connectivity index (χ0n) is 13.7. The third-order valence-corrected chi connectivity index (χ3v) is 5.91. The zero-order chi connectivity index (χ0) is 17.2. The molecule has 1 aliphatic heterocycles. The van der Waals surface area contributed by atoms with Gasteiger partial charge in [0.25, 0.3) is 0 Å². The van der Waals surface area contributed by atoms with Gasteiger partial charge in [0.1, 0.15) is 17.0 Å². The molecule has 0 radical (unpaired) electrons. The first-order valence-electron chi connectivity index (χ1n) is 8.15. The summed E-state index contributed by atoms with van der Waals surface area (Å²) < 4.78 is 1.08. The lowest BCUT2D eigenvalue weighted by molar-refractivity contribution is 0.287. The number of hydrogen-bond acceptors (Lipinski definition) is 5. The van der Waals surface area contributed by atoms with E-state index in [0.29, 0.717) is 0 Å². The summed E-state index contributed by atoms with van der Waals surface area (Å²) in [5.41, 5.74) is 2.39. The van der Waals surface area contributed by atoms with E-state index in [1.54, 1.807) is 17.7 Å². The molecular formula is C19H17BrN4S. The Balaban J connectivity index is 1.72. The maximum atomic E-state index is 5.43. The molecule has 0 unspecified atom stereocenters. The van der Waals surface area contributed by atoms with Crippen LogP contribution in [0.25, 0.3) is 21.3 Å². The monoisotopic (exact) mass is 412 g/mol. The van der Waals surface area contributed by atoms with Crippen molar-refractivity contribution in [1.82, 2.24) is 14.9 Å². The number of fused-ring (bicyclic) bond motifs is 1. The van der Waals surface area contributed by atoms with Crippen LogP contribution in [0, 0.1) is 12.3 Å². The van der Waals surface area contributed by atoms with E-state index in [9.17, 15) is 0 Å². The van der Waals surface area contributed by atoms with Gasteiger partial charge in [-0.15, -0.1) is 17.8 Å². The molecule has 6 heteroatoms. The van der Waals surface area contributed by atoms with Gasteiger partial charge in [-0.1, -0.05) is 34.0 Å². The highest BCUT2D eigenvalue weighted by molar-refractivity contribution is 9.10. The van der Waals surface area contributed by atoms with Gasteiger partial charge in [0.15, 0.2) is 0 Å². The minimum Gasteiger partial charge on any atom is -0.353 e. The summed E-state index contributed by atoms with van der Waals surface area (Å²) in [6, 6.07) is 8.40. The molecule has 0 amide bonds. The van der Waals surface area contributed by atoms with Crippen molar-refractivity contribution in [2.24, 2.45) is 0 Å². The minimum atomic E-state index is 0.718. The van der Waals surface area contributed by atoms with Crippen LogP contribution in [0.4, 0.5) is 5.82 Å². The van der Waals surface area contributed by atoms with Gasteiger partial charge in [0.05, 0.1) is 11.9 Å². The Hall–Kier alpha value is -1.94. The fourth-order valence-corrected chi connectivity index (χ4v) is 4.36. The fraction of sp³-hybridized carbons (Fsp3) is 0.263. The summed E-state index contributed by atoms with van der Waals surface area (Å²) in [4.78, 5) is 14.8. The normalized spacial score (nSPS) is 15.4. The number of halogens is 1. The molecule has 0 saturated carbocycles. The van der Waals surface area contributed by atoms with Crippen LogP contribution < -0.4 is 4.90 Å². The molecule has 0 atom stereocenters. The minimum absolute atomic E-state index is 0.718. The van der Waals surface area contributed by atoms with E-state index in [0.717, 1.165) is 53.2 Å². The molecule has 25 heavy (non-hydrogen) atoms. The van der Waals surface area contributed by atoms with Gasteiger partial charge in [-0.05, 0) is 17.7 Å². The van der Waals surface area contributed by atoms with Gasteiger partial charge in [0, 0.05) is 41.6 Å². The Morgan fingerprint density at radius 1 is 1.12 bits per heavy atom. The number of nitrogens with zero attached hydrogens (tertiary/aromatic N) is 4. The molecule has 4 rings (SSSR count). The highest BCUT2D eigenvalue weighted by atomic mass is 79.9. The summed E-state index contributed by atoms with van der Waals surface area (Å²) in [7, 11) is 0. The second kappa shape index (κ2) is 7.12. The summed E-state index contributed by atoms with van der Waals surface area (Å²) in [6.07, 6.45) is 7.11. The quantitative estimate of drug-likeness (QED) is 0.611. The Labute approximate surface area is 159 Å². The lowest BCUT2D eigenvalue weighted by Gasteiger charge is -2.34. The van der Waals surface area contributed by atoms with E-state index >= 15 is 0 Å².